The first kappa shape index (κ1) is 84.9. The summed E-state index contributed by atoms with van der Waals surface area (Å²) in [6.45, 7) is 0. The molecule has 148 heavy (non-hydrogen) atoms. The summed E-state index contributed by atoms with van der Waals surface area (Å²) in [5, 5.41) is 4.78. The van der Waals surface area contributed by atoms with Gasteiger partial charge >= 0.3 is 0 Å². The van der Waals surface area contributed by atoms with Crippen molar-refractivity contribution in [3.8, 4) is 55.6 Å². The maximum absolute atomic E-state index is 6.34. The van der Waals surface area contributed by atoms with E-state index in [2.05, 4.69) is 572 Å². The zero-order valence-corrected chi connectivity index (χ0v) is 81.5. The molecular weight excluding hydrogens is 1810 g/mol. The minimum atomic E-state index is -0.633. The van der Waals surface area contributed by atoms with E-state index < -0.39 is 21.7 Å². The van der Waals surface area contributed by atoms with E-state index in [9.17, 15) is 0 Å². The highest BCUT2D eigenvalue weighted by molar-refractivity contribution is 7.26. The third kappa shape index (κ3) is 12.1. The highest BCUT2D eigenvalue weighted by atomic mass is 32.1. The first-order valence-corrected chi connectivity index (χ1v) is 52.1. The van der Waals surface area contributed by atoms with Crippen LogP contribution in [0.25, 0.3) is 97.7 Å². The molecule has 2 aromatic heterocycles. The molecule has 0 radical (unpaired) electrons. The molecule has 2 aliphatic heterocycles. The number of furan rings is 1. The van der Waals surface area contributed by atoms with Crippen LogP contribution in [-0.4, -0.2) is 0 Å². The molecular formula is C142H92N4OS. The van der Waals surface area contributed by atoms with Crippen molar-refractivity contribution in [2.24, 2.45) is 0 Å². The quantitative estimate of drug-likeness (QED) is 0.115. The molecule has 2 spiro atoms. The van der Waals surface area contributed by atoms with E-state index in [4.69, 9.17) is 4.42 Å². The number of hydrogen-bond donors (Lipinski definition) is 0. The summed E-state index contributed by atoms with van der Waals surface area (Å²) in [6, 6.07) is 208. The topological polar surface area (TPSA) is 26.1 Å². The standard InChI is InChI=1S/C74H48N2O.C68H44N2S/c1-4-23-51(24-5-1)73(52-25-6-2-7-26-52)61-33-13-10-30-56(61)57-44-43-55(48-66(57)73)75(54-29-20-22-49(46-54)50-42-45-71-60(47-50)58-31-12-19-41-70(58)77-71)69-40-21-37-65-72(69)59-32-11-14-34-62(59)74(65)63-35-15-17-38-67(63)76(53-27-8-3-9-28-53)68-39-18-16-36-64(68)74;1-4-22-45(23-5-1)67(46-24-6-2-7-25-46)54-32-13-10-28-49(54)50-43-42-48(44-59(50)67)70(63-40-20-31-52-51-29-12-19-41-64(51)71-66(52)63)62-39-21-36-58-65(62)53-30-11-14-33-55(53)68(58)56-34-15-17-37-60(56)69(47-26-8-3-9-27-47)61-38-18-16-35-57(61)68/h1-48H;1-44H. The lowest BCUT2D eigenvalue weighted by Gasteiger charge is -2.45. The summed E-state index contributed by atoms with van der Waals surface area (Å²) in [5.41, 5.74) is 45.6. The van der Waals surface area contributed by atoms with E-state index in [1.54, 1.807) is 0 Å². The van der Waals surface area contributed by atoms with Crippen LogP contribution < -0.4 is 19.6 Å². The molecule has 4 heterocycles. The lowest BCUT2D eigenvalue weighted by atomic mass is 9.64. The van der Waals surface area contributed by atoms with Gasteiger partial charge in [-0.3, -0.25) is 0 Å². The van der Waals surface area contributed by atoms with Crippen molar-refractivity contribution in [2.75, 3.05) is 19.6 Å². The van der Waals surface area contributed by atoms with Gasteiger partial charge in [-0.25, -0.2) is 0 Å². The molecule has 0 fully saturated rings. The van der Waals surface area contributed by atoms with Crippen molar-refractivity contribution >= 4 is 122 Å². The molecule has 0 amide bonds. The van der Waals surface area contributed by atoms with E-state index >= 15 is 0 Å². The third-order valence-electron chi connectivity index (χ3n) is 32.6. The number of fused-ring (bicyclic) bond motifs is 30. The first-order valence-electron chi connectivity index (χ1n) is 51.3. The van der Waals surface area contributed by atoms with E-state index in [0.717, 1.165) is 78.6 Å². The SMILES string of the molecule is c1ccc(N2c3ccccc3C3(c4ccccc4-c4c(N(c5ccc6c(c5)C(c5ccccc5)(c5ccccc5)c5ccccc5-6)c5cccc6c5sc5ccccc56)cccc43)c3ccccc32)cc1.c1ccc(N2c3ccccc3C3(c4ccccc4-c4c(N(c5cccc(-c6ccc7oc8ccccc8c7c6)c5)c5ccc6c(c5)C(c5ccccc5)(c5ccccc5)c5ccccc5-6)cccc43)c3ccccc32)cc1. The Labute approximate surface area is 863 Å². The second-order valence-electron chi connectivity index (χ2n) is 39.7. The van der Waals surface area contributed by atoms with Crippen LogP contribution in [0.5, 0.6) is 0 Å². The number of para-hydroxylation sites is 7. The second-order valence-corrected chi connectivity index (χ2v) is 40.8. The zero-order valence-electron chi connectivity index (χ0n) is 80.7. The molecule has 4 aliphatic carbocycles. The van der Waals surface area contributed by atoms with Crippen molar-refractivity contribution in [3.63, 3.8) is 0 Å². The van der Waals surface area contributed by atoms with Gasteiger partial charge in [0.25, 0.3) is 0 Å². The van der Waals surface area contributed by atoms with Gasteiger partial charge in [0.2, 0.25) is 0 Å². The fraction of sp³-hybridized carbons (Fsp3) is 0.0282. The summed E-state index contributed by atoms with van der Waals surface area (Å²) in [4.78, 5) is 10.1. The molecule has 6 heteroatoms. The van der Waals surface area contributed by atoms with Crippen LogP contribution in [0, 0.1) is 0 Å². The summed E-state index contributed by atoms with van der Waals surface area (Å²) in [5.74, 6) is 0. The molecule has 0 atom stereocenters. The molecule has 0 N–H and O–H groups in total. The Morgan fingerprint density at radius 3 is 1.00 bits per heavy atom. The molecule has 0 bridgehead atoms. The van der Waals surface area contributed by atoms with Crippen molar-refractivity contribution in [1.29, 1.82) is 0 Å². The van der Waals surface area contributed by atoms with Crippen molar-refractivity contribution in [2.45, 2.75) is 21.7 Å². The maximum atomic E-state index is 6.34. The van der Waals surface area contributed by atoms with Crippen LogP contribution in [0.2, 0.25) is 0 Å². The fourth-order valence-corrected chi connectivity index (χ4v) is 28.2. The Kier molecular flexibility index (Phi) is 19.2. The second kappa shape index (κ2) is 33.4. The van der Waals surface area contributed by atoms with Gasteiger partial charge in [-0.15, -0.1) is 11.3 Å². The first-order chi connectivity index (χ1) is 73.5. The molecule has 0 unspecified atom stereocenters. The van der Waals surface area contributed by atoms with E-state index in [1.165, 1.54) is 176 Å². The highest BCUT2D eigenvalue weighted by Crippen LogP contribution is 2.70. The van der Waals surface area contributed by atoms with Gasteiger partial charge in [0.1, 0.15) is 11.2 Å². The van der Waals surface area contributed by atoms with Gasteiger partial charge < -0.3 is 24.0 Å². The van der Waals surface area contributed by atoms with Gasteiger partial charge in [-0.1, -0.05) is 431 Å². The molecule has 692 valence electrons. The average Bonchev–Trinajstić information content (AvgIpc) is 1.61. The summed E-state index contributed by atoms with van der Waals surface area (Å²) in [6.07, 6.45) is 0. The van der Waals surface area contributed by atoms with Gasteiger partial charge in [0.15, 0.2) is 0 Å². The van der Waals surface area contributed by atoms with Crippen molar-refractivity contribution in [3.05, 3.63) is 647 Å². The molecule has 5 nitrogen and oxygen atoms in total. The van der Waals surface area contributed by atoms with Gasteiger partial charge in [0.05, 0.1) is 66.2 Å². The molecule has 0 saturated heterocycles. The molecule has 6 aliphatic rings. The van der Waals surface area contributed by atoms with Gasteiger partial charge in [0, 0.05) is 65.8 Å². The smallest absolute Gasteiger partial charge is 0.135 e. The number of benzene rings is 23. The van der Waals surface area contributed by atoms with E-state index in [1.807, 2.05) is 17.4 Å². The Hall–Kier alpha value is -18.7. The van der Waals surface area contributed by atoms with Crippen molar-refractivity contribution in [1.82, 2.24) is 0 Å². The number of thiophene rings is 1. The number of hydrogen-bond acceptors (Lipinski definition) is 6. The largest absolute Gasteiger partial charge is 0.456 e. The summed E-state index contributed by atoms with van der Waals surface area (Å²) >= 11 is 1.89. The van der Waals surface area contributed by atoms with E-state index in [0.29, 0.717) is 0 Å². The minimum Gasteiger partial charge on any atom is -0.456 e. The zero-order chi connectivity index (χ0) is 97.3. The predicted octanol–water partition coefficient (Wildman–Crippen LogP) is 37.3. The molecule has 0 saturated carbocycles. The average molecular weight is 1900 g/mol. The van der Waals surface area contributed by atoms with Crippen LogP contribution >= 0.6 is 11.3 Å². The predicted molar refractivity (Wildman–Crippen MR) is 614 cm³/mol. The Balaban J connectivity index is 0.000000137. The van der Waals surface area contributed by atoms with Crippen LogP contribution in [0.4, 0.5) is 68.2 Å². The van der Waals surface area contributed by atoms with E-state index in [-0.39, 0.29) is 0 Å². The van der Waals surface area contributed by atoms with Crippen LogP contribution in [-0.2, 0) is 21.7 Å². The third-order valence-corrected chi connectivity index (χ3v) is 33.8. The lowest BCUT2D eigenvalue weighted by Crippen LogP contribution is -2.36. The minimum absolute atomic E-state index is 0.560. The normalized spacial score (nSPS) is 14.0. The monoisotopic (exact) mass is 1900 g/mol. The number of anilines is 12. The molecule has 23 aromatic carbocycles. The molecule has 25 aromatic rings. The van der Waals surface area contributed by atoms with Crippen LogP contribution in [0.15, 0.2) is 563 Å². The number of nitrogens with zero attached hydrogens (tertiary/aromatic N) is 4. The Morgan fingerprint density at radius 1 is 0.189 bits per heavy atom. The highest BCUT2D eigenvalue weighted by Gasteiger charge is 2.56. The maximum Gasteiger partial charge on any atom is 0.135 e. The van der Waals surface area contributed by atoms with Gasteiger partial charge in [-0.2, -0.15) is 0 Å². The van der Waals surface area contributed by atoms with Crippen LogP contribution in [0.1, 0.15) is 89.0 Å². The molecule has 31 rings (SSSR count). The fourth-order valence-electron chi connectivity index (χ4n) is 27.0. The Bertz CT molecular complexity index is 9490. The van der Waals surface area contributed by atoms with Gasteiger partial charge in [-0.05, 0) is 261 Å². The lowest BCUT2D eigenvalue weighted by molar-refractivity contribution is 0.669. The summed E-state index contributed by atoms with van der Waals surface area (Å²) < 4.78 is 8.89. The Morgan fingerprint density at radius 2 is 0.520 bits per heavy atom. The van der Waals surface area contributed by atoms with Crippen molar-refractivity contribution < 1.29 is 4.42 Å². The van der Waals surface area contributed by atoms with Crippen LogP contribution in [0.3, 0.4) is 0 Å². The number of rotatable bonds is 13. The summed E-state index contributed by atoms with van der Waals surface area (Å²) in [7, 11) is 0.